The molecule has 30 heavy (non-hydrogen) atoms. The summed E-state index contributed by atoms with van der Waals surface area (Å²) in [5.41, 5.74) is 1.17. The third-order valence-electron chi connectivity index (χ3n) is 5.19. The first-order valence-electron chi connectivity index (χ1n) is 9.52. The molecule has 0 unspecified atom stereocenters. The summed E-state index contributed by atoms with van der Waals surface area (Å²) in [6.45, 7) is 5.23. The van der Waals surface area contributed by atoms with E-state index in [1.165, 1.54) is 33.5 Å². The molecule has 1 saturated heterocycles. The molecule has 0 aromatic carbocycles. The lowest BCUT2D eigenvalue weighted by atomic mass is 10.1. The van der Waals surface area contributed by atoms with Crippen molar-refractivity contribution >= 4 is 60.6 Å². The highest BCUT2D eigenvalue weighted by Crippen LogP contribution is 2.34. The standard InChI is InChI=1S/C19H22N4O3S4/c1-12-13(2)29-19-17(12)18(20-11-21-19)28-10-15(24)23-7-5-14(6-8-23)22-30(25,26)16-4-3-9-27-16/h3-4,9,11,14,22H,5-8,10H2,1-2H3. The molecule has 3 aromatic rings. The molecule has 0 spiro atoms. The maximum Gasteiger partial charge on any atom is 0.250 e. The number of piperidine rings is 1. The van der Waals surface area contributed by atoms with E-state index < -0.39 is 10.0 Å². The second kappa shape index (κ2) is 8.91. The highest BCUT2D eigenvalue weighted by molar-refractivity contribution is 8.00. The number of thiophene rings is 2. The van der Waals surface area contributed by atoms with Gasteiger partial charge in [-0.1, -0.05) is 17.8 Å². The molecule has 0 atom stereocenters. The minimum absolute atomic E-state index is 0.0518. The van der Waals surface area contributed by atoms with Crippen LogP contribution in [0.2, 0.25) is 0 Å². The summed E-state index contributed by atoms with van der Waals surface area (Å²) in [5, 5.41) is 3.63. The molecule has 0 aliphatic carbocycles. The third kappa shape index (κ3) is 4.54. The number of amides is 1. The SMILES string of the molecule is Cc1sc2ncnc(SCC(=O)N3CCC(NS(=O)(=O)c4cccs4)CC3)c2c1C. The van der Waals surface area contributed by atoms with Gasteiger partial charge in [-0.2, -0.15) is 0 Å². The van der Waals surface area contributed by atoms with Gasteiger partial charge in [0.2, 0.25) is 15.9 Å². The van der Waals surface area contributed by atoms with Crippen molar-refractivity contribution in [2.45, 2.75) is 42.0 Å². The Balaban J connectivity index is 1.32. The Morgan fingerprint density at radius 1 is 1.30 bits per heavy atom. The zero-order valence-electron chi connectivity index (χ0n) is 16.6. The Hall–Kier alpha value is -1.53. The second-order valence-electron chi connectivity index (χ2n) is 7.14. The molecule has 1 aliphatic heterocycles. The topological polar surface area (TPSA) is 92.3 Å². The van der Waals surface area contributed by atoms with E-state index in [0.29, 0.717) is 35.9 Å². The summed E-state index contributed by atoms with van der Waals surface area (Å²) < 4.78 is 27.8. The van der Waals surface area contributed by atoms with Gasteiger partial charge in [0.05, 0.1) is 5.75 Å². The van der Waals surface area contributed by atoms with Gasteiger partial charge in [0.15, 0.2) is 0 Å². The number of hydrogen-bond acceptors (Lipinski definition) is 8. The van der Waals surface area contributed by atoms with Crippen molar-refractivity contribution in [3.05, 3.63) is 34.3 Å². The number of likely N-dealkylation sites (tertiary alicyclic amines) is 1. The van der Waals surface area contributed by atoms with Crippen LogP contribution in [0.1, 0.15) is 23.3 Å². The molecule has 0 bridgehead atoms. The van der Waals surface area contributed by atoms with Gasteiger partial charge in [0.1, 0.15) is 20.4 Å². The molecule has 7 nitrogen and oxygen atoms in total. The maximum atomic E-state index is 12.7. The fourth-order valence-electron chi connectivity index (χ4n) is 3.42. The van der Waals surface area contributed by atoms with Gasteiger partial charge in [-0.15, -0.1) is 22.7 Å². The number of carbonyl (C=O) groups is 1. The van der Waals surface area contributed by atoms with Gasteiger partial charge >= 0.3 is 0 Å². The normalized spacial score (nSPS) is 15.7. The summed E-state index contributed by atoms with van der Waals surface area (Å²) in [6.07, 6.45) is 2.78. The van der Waals surface area contributed by atoms with E-state index in [-0.39, 0.29) is 11.9 Å². The lowest BCUT2D eigenvalue weighted by molar-refractivity contribution is -0.129. The number of hydrogen-bond donors (Lipinski definition) is 1. The smallest absolute Gasteiger partial charge is 0.250 e. The highest BCUT2D eigenvalue weighted by atomic mass is 32.2. The Kier molecular flexibility index (Phi) is 6.44. The van der Waals surface area contributed by atoms with Crippen LogP contribution in [0.3, 0.4) is 0 Å². The van der Waals surface area contributed by atoms with Crippen molar-refractivity contribution in [3.8, 4) is 0 Å². The number of rotatable bonds is 6. The van der Waals surface area contributed by atoms with E-state index in [1.54, 1.807) is 35.2 Å². The Morgan fingerprint density at radius 3 is 2.77 bits per heavy atom. The van der Waals surface area contributed by atoms with Crippen LogP contribution in [-0.4, -0.2) is 54.1 Å². The Morgan fingerprint density at radius 2 is 2.07 bits per heavy atom. The van der Waals surface area contributed by atoms with E-state index in [0.717, 1.165) is 15.2 Å². The number of aromatic nitrogens is 2. The fraction of sp³-hybridized carbons (Fsp3) is 0.421. The molecule has 1 aliphatic rings. The largest absolute Gasteiger partial charge is 0.342 e. The second-order valence-corrected chi connectivity index (χ2v) is 12.2. The van der Waals surface area contributed by atoms with Crippen molar-refractivity contribution in [2.24, 2.45) is 0 Å². The molecule has 3 aromatic heterocycles. The van der Waals surface area contributed by atoms with Gasteiger partial charge in [-0.3, -0.25) is 4.79 Å². The van der Waals surface area contributed by atoms with Crippen LogP contribution < -0.4 is 4.72 Å². The average molecular weight is 483 g/mol. The predicted molar refractivity (Wildman–Crippen MR) is 122 cm³/mol. The summed E-state index contributed by atoms with van der Waals surface area (Å²) in [5.74, 6) is 0.363. The number of thioether (sulfide) groups is 1. The van der Waals surface area contributed by atoms with E-state index in [9.17, 15) is 13.2 Å². The lowest BCUT2D eigenvalue weighted by Gasteiger charge is -2.32. The average Bonchev–Trinajstić information content (AvgIpc) is 3.36. The number of sulfonamides is 1. The quantitative estimate of drug-likeness (QED) is 0.427. The predicted octanol–water partition coefficient (Wildman–Crippen LogP) is 3.43. The van der Waals surface area contributed by atoms with E-state index in [1.807, 2.05) is 4.90 Å². The number of nitrogens with one attached hydrogen (secondary N) is 1. The van der Waals surface area contributed by atoms with Crippen LogP contribution in [0.25, 0.3) is 10.2 Å². The fourth-order valence-corrected chi connectivity index (χ4v) is 7.76. The van der Waals surface area contributed by atoms with Crippen molar-refractivity contribution in [1.29, 1.82) is 0 Å². The van der Waals surface area contributed by atoms with E-state index in [2.05, 4.69) is 28.5 Å². The van der Waals surface area contributed by atoms with Gasteiger partial charge < -0.3 is 4.90 Å². The highest BCUT2D eigenvalue weighted by Gasteiger charge is 2.27. The first-order valence-corrected chi connectivity index (χ1v) is 13.7. The number of aryl methyl sites for hydroxylation is 2. The van der Waals surface area contributed by atoms with Crippen LogP contribution in [0, 0.1) is 13.8 Å². The van der Waals surface area contributed by atoms with E-state index >= 15 is 0 Å². The van der Waals surface area contributed by atoms with Crippen molar-refractivity contribution in [2.75, 3.05) is 18.8 Å². The monoisotopic (exact) mass is 482 g/mol. The summed E-state index contributed by atoms with van der Waals surface area (Å²) >= 11 is 4.29. The molecular formula is C19H22N4O3S4. The van der Waals surface area contributed by atoms with Crippen molar-refractivity contribution < 1.29 is 13.2 Å². The Bertz CT molecular complexity index is 1150. The zero-order chi connectivity index (χ0) is 21.3. The molecule has 160 valence electrons. The number of carbonyl (C=O) groups excluding carboxylic acids is 1. The minimum Gasteiger partial charge on any atom is -0.342 e. The van der Waals surface area contributed by atoms with E-state index in [4.69, 9.17) is 0 Å². The number of fused-ring (bicyclic) bond motifs is 1. The van der Waals surface area contributed by atoms with Gasteiger partial charge in [-0.25, -0.2) is 23.1 Å². The maximum absolute atomic E-state index is 12.7. The molecule has 1 fully saturated rings. The molecule has 4 heterocycles. The summed E-state index contributed by atoms with van der Waals surface area (Å²) in [6, 6.07) is 3.18. The molecule has 0 saturated carbocycles. The van der Waals surface area contributed by atoms with Gasteiger partial charge in [-0.05, 0) is 43.7 Å². The van der Waals surface area contributed by atoms with Crippen LogP contribution in [-0.2, 0) is 14.8 Å². The molecule has 11 heteroatoms. The molecular weight excluding hydrogens is 461 g/mol. The van der Waals surface area contributed by atoms with Crippen molar-refractivity contribution in [3.63, 3.8) is 0 Å². The summed E-state index contributed by atoms with van der Waals surface area (Å²) in [4.78, 5) is 25.4. The zero-order valence-corrected chi connectivity index (χ0v) is 19.9. The van der Waals surface area contributed by atoms with Gasteiger partial charge in [0.25, 0.3) is 0 Å². The molecule has 1 amide bonds. The third-order valence-corrected chi connectivity index (χ3v) is 10.2. The lowest BCUT2D eigenvalue weighted by Crippen LogP contribution is -2.46. The van der Waals surface area contributed by atoms with Crippen LogP contribution >= 0.6 is 34.4 Å². The molecule has 4 rings (SSSR count). The van der Waals surface area contributed by atoms with Crippen molar-refractivity contribution in [1.82, 2.24) is 19.6 Å². The van der Waals surface area contributed by atoms with Crippen LogP contribution in [0.5, 0.6) is 0 Å². The first-order chi connectivity index (χ1) is 14.3. The van der Waals surface area contributed by atoms with Gasteiger partial charge in [0, 0.05) is 29.4 Å². The molecule has 1 N–H and O–H groups in total. The first kappa shape index (κ1) is 21.7. The van der Waals surface area contributed by atoms with Crippen LogP contribution in [0.15, 0.2) is 33.1 Å². The Labute approximate surface area is 188 Å². The minimum atomic E-state index is -3.48. The van der Waals surface area contributed by atoms with Crippen LogP contribution in [0.4, 0.5) is 0 Å². The summed E-state index contributed by atoms with van der Waals surface area (Å²) in [7, 11) is -3.48. The molecule has 0 radical (unpaired) electrons. The number of nitrogens with zero attached hydrogens (tertiary/aromatic N) is 3.